The third-order valence-corrected chi connectivity index (χ3v) is 5.45. The zero-order chi connectivity index (χ0) is 18.1. The quantitative estimate of drug-likeness (QED) is 0.730. The molecule has 0 atom stereocenters. The van der Waals surface area contributed by atoms with Crippen molar-refractivity contribution in [3.8, 4) is 16.3 Å². The van der Waals surface area contributed by atoms with Crippen LogP contribution in [0.5, 0.6) is 5.75 Å². The Hall–Kier alpha value is -2.71. The van der Waals surface area contributed by atoms with Crippen LogP contribution in [0.15, 0.2) is 35.3 Å². The number of aromatic nitrogens is 3. The van der Waals surface area contributed by atoms with E-state index in [4.69, 9.17) is 10.5 Å². The second-order valence-corrected chi connectivity index (χ2v) is 7.28. The van der Waals surface area contributed by atoms with Gasteiger partial charge in [0.25, 0.3) is 5.56 Å². The summed E-state index contributed by atoms with van der Waals surface area (Å²) < 4.78 is 5.42. The van der Waals surface area contributed by atoms with Crippen molar-refractivity contribution in [1.82, 2.24) is 19.9 Å². The minimum atomic E-state index is -0.142. The lowest BCUT2D eigenvalue weighted by atomic mass is 10.1. The number of hydrogen-bond acceptors (Lipinski definition) is 7. The Bertz CT molecular complexity index is 997. The average molecular weight is 369 g/mol. The number of nitrogen functional groups attached to an aromatic ring is 1. The molecule has 4 rings (SSSR count). The van der Waals surface area contributed by atoms with E-state index in [2.05, 4.69) is 19.9 Å². The van der Waals surface area contributed by atoms with Gasteiger partial charge in [-0.25, -0.2) is 9.97 Å². The molecule has 0 aliphatic carbocycles. The Labute approximate surface area is 154 Å². The number of rotatable bonds is 4. The maximum Gasteiger partial charge on any atom is 0.257 e. The number of ether oxygens (including phenoxy) is 1. The lowest BCUT2D eigenvalue weighted by Gasteiger charge is -2.26. The van der Waals surface area contributed by atoms with Crippen molar-refractivity contribution < 1.29 is 4.74 Å². The molecule has 0 unspecified atom stereocenters. The van der Waals surface area contributed by atoms with Gasteiger partial charge < -0.3 is 10.5 Å². The second kappa shape index (κ2) is 6.89. The molecule has 3 heterocycles. The van der Waals surface area contributed by atoms with Crippen molar-refractivity contribution in [2.75, 3.05) is 19.4 Å². The Morgan fingerprint density at radius 1 is 1.38 bits per heavy atom. The number of benzene rings is 1. The highest BCUT2D eigenvalue weighted by molar-refractivity contribution is 7.15. The summed E-state index contributed by atoms with van der Waals surface area (Å²) in [6, 6.07) is 7.86. The van der Waals surface area contributed by atoms with Crippen LogP contribution in [0, 0.1) is 0 Å². The first-order valence-electron chi connectivity index (χ1n) is 8.32. The summed E-state index contributed by atoms with van der Waals surface area (Å²) in [6.45, 7) is 2.15. The lowest BCUT2D eigenvalue weighted by Crippen LogP contribution is -2.35. The van der Waals surface area contributed by atoms with Crippen LogP contribution < -0.4 is 16.0 Å². The highest BCUT2D eigenvalue weighted by Crippen LogP contribution is 2.33. The number of nitrogens with two attached hydrogens (primary N) is 1. The Morgan fingerprint density at radius 3 is 3.08 bits per heavy atom. The molecule has 3 N–H and O–H groups in total. The lowest BCUT2D eigenvalue weighted by molar-refractivity contribution is 0.244. The molecule has 2 aromatic heterocycles. The van der Waals surface area contributed by atoms with Crippen molar-refractivity contribution in [2.45, 2.75) is 19.5 Å². The average Bonchev–Trinajstić information content (AvgIpc) is 3.10. The van der Waals surface area contributed by atoms with E-state index in [-0.39, 0.29) is 11.5 Å². The van der Waals surface area contributed by atoms with Crippen LogP contribution >= 0.6 is 11.3 Å². The standard InChI is InChI=1S/C18H19N5O2S/c1-25-15-5-3-2-4-12(15)17-20-8-11(26-17)9-23-7-6-14-13(10-23)16(24)22-18(19)21-14/h2-5,8H,6-7,9-10H2,1H3,(H3,19,21,22,24). The topological polar surface area (TPSA) is 97.1 Å². The number of hydrogen-bond donors (Lipinski definition) is 2. The first kappa shape index (κ1) is 16.7. The molecule has 1 aromatic carbocycles. The summed E-state index contributed by atoms with van der Waals surface area (Å²) in [5.41, 5.74) is 7.99. The molecule has 0 saturated heterocycles. The summed E-state index contributed by atoms with van der Waals surface area (Å²) in [7, 11) is 1.66. The van der Waals surface area contributed by atoms with Crippen LogP contribution in [0.1, 0.15) is 16.1 Å². The van der Waals surface area contributed by atoms with Gasteiger partial charge in [-0.3, -0.25) is 14.7 Å². The Balaban J connectivity index is 1.52. The van der Waals surface area contributed by atoms with E-state index >= 15 is 0 Å². The minimum absolute atomic E-state index is 0.142. The van der Waals surface area contributed by atoms with Gasteiger partial charge in [-0.15, -0.1) is 11.3 Å². The second-order valence-electron chi connectivity index (χ2n) is 6.17. The molecular formula is C18H19N5O2S. The smallest absolute Gasteiger partial charge is 0.257 e. The number of anilines is 1. The maximum absolute atomic E-state index is 12.1. The van der Waals surface area contributed by atoms with Crippen molar-refractivity contribution >= 4 is 17.3 Å². The molecule has 0 bridgehead atoms. The van der Waals surface area contributed by atoms with Gasteiger partial charge >= 0.3 is 0 Å². The molecule has 0 spiro atoms. The van der Waals surface area contributed by atoms with Gasteiger partial charge in [0, 0.05) is 37.1 Å². The fourth-order valence-electron chi connectivity index (χ4n) is 3.18. The summed E-state index contributed by atoms with van der Waals surface area (Å²) in [5.74, 6) is 1.00. The van der Waals surface area contributed by atoms with Crippen LogP contribution in [0.4, 0.5) is 5.95 Å². The van der Waals surface area contributed by atoms with E-state index in [0.717, 1.165) is 46.4 Å². The molecule has 0 saturated carbocycles. The van der Waals surface area contributed by atoms with Gasteiger partial charge in [0.15, 0.2) is 0 Å². The van der Waals surface area contributed by atoms with E-state index in [0.29, 0.717) is 12.1 Å². The summed E-state index contributed by atoms with van der Waals surface area (Å²) in [5, 5.41) is 0.933. The molecule has 1 aliphatic heterocycles. The van der Waals surface area contributed by atoms with Crippen LogP contribution in [-0.2, 0) is 19.5 Å². The maximum atomic E-state index is 12.1. The van der Waals surface area contributed by atoms with Crippen molar-refractivity contribution in [3.05, 3.63) is 57.0 Å². The number of methoxy groups -OCH3 is 1. The fraction of sp³-hybridized carbons (Fsp3) is 0.278. The summed E-state index contributed by atoms with van der Waals surface area (Å²) in [4.78, 5) is 26.9. The van der Waals surface area contributed by atoms with Crippen molar-refractivity contribution in [1.29, 1.82) is 0 Å². The zero-order valence-corrected chi connectivity index (χ0v) is 15.2. The van der Waals surface area contributed by atoms with Gasteiger partial charge in [0.05, 0.1) is 23.9 Å². The van der Waals surface area contributed by atoms with Gasteiger partial charge in [0.1, 0.15) is 10.8 Å². The number of aromatic amines is 1. The molecule has 0 fully saturated rings. The Kier molecular flexibility index (Phi) is 4.44. The van der Waals surface area contributed by atoms with Gasteiger partial charge in [-0.05, 0) is 12.1 Å². The van der Waals surface area contributed by atoms with Crippen LogP contribution in [0.25, 0.3) is 10.6 Å². The fourth-order valence-corrected chi connectivity index (χ4v) is 4.17. The van der Waals surface area contributed by atoms with Crippen LogP contribution in [-0.4, -0.2) is 33.5 Å². The molecule has 7 nitrogen and oxygen atoms in total. The minimum Gasteiger partial charge on any atom is -0.496 e. The molecule has 3 aromatic rings. The monoisotopic (exact) mass is 369 g/mol. The largest absolute Gasteiger partial charge is 0.496 e. The van der Waals surface area contributed by atoms with E-state index in [1.807, 2.05) is 30.5 Å². The molecular weight excluding hydrogens is 350 g/mol. The van der Waals surface area contributed by atoms with Gasteiger partial charge in [-0.1, -0.05) is 12.1 Å². The van der Waals surface area contributed by atoms with Gasteiger partial charge in [0.2, 0.25) is 5.95 Å². The molecule has 26 heavy (non-hydrogen) atoms. The van der Waals surface area contributed by atoms with E-state index < -0.39 is 0 Å². The molecule has 0 radical (unpaired) electrons. The highest BCUT2D eigenvalue weighted by atomic mass is 32.1. The molecule has 1 aliphatic rings. The van der Waals surface area contributed by atoms with Crippen molar-refractivity contribution in [2.24, 2.45) is 0 Å². The predicted octanol–water partition coefficient (Wildman–Crippen LogP) is 2.04. The van der Waals surface area contributed by atoms with Crippen LogP contribution in [0.3, 0.4) is 0 Å². The predicted molar refractivity (Wildman–Crippen MR) is 101 cm³/mol. The number of H-pyrrole nitrogens is 1. The third kappa shape index (κ3) is 3.21. The highest BCUT2D eigenvalue weighted by Gasteiger charge is 2.21. The molecule has 0 amide bonds. The summed E-state index contributed by atoms with van der Waals surface area (Å²) in [6.07, 6.45) is 2.62. The normalized spacial score (nSPS) is 14.2. The SMILES string of the molecule is COc1ccccc1-c1ncc(CN2CCc3nc(N)[nH]c(=O)c3C2)s1. The van der Waals surface area contributed by atoms with E-state index in [1.54, 1.807) is 18.4 Å². The van der Waals surface area contributed by atoms with E-state index in [9.17, 15) is 4.79 Å². The molecule has 134 valence electrons. The number of nitrogens with zero attached hydrogens (tertiary/aromatic N) is 3. The first-order valence-corrected chi connectivity index (χ1v) is 9.13. The number of fused-ring (bicyclic) bond motifs is 1. The van der Waals surface area contributed by atoms with Crippen molar-refractivity contribution in [3.63, 3.8) is 0 Å². The zero-order valence-electron chi connectivity index (χ0n) is 14.4. The number of thiazole rings is 1. The van der Waals surface area contributed by atoms with Crippen LogP contribution in [0.2, 0.25) is 0 Å². The third-order valence-electron chi connectivity index (χ3n) is 4.44. The number of nitrogens with one attached hydrogen (secondary N) is 1. The number of para-hydroxylation sites is 1. The Morgan fingerprint density at radius 2 is 2.23 bits per heavy atom. The van der Waals surface area contributed by atoms with E-state index in [1.165, 1.54) is 0 Å². The first-order chi connectivity index (χ1) is 12.6. The van der Waals surface area contributed by atoms with Gasteiger partial charge in [-0.2, -0.15) is 0 Å². The summed E-state index contributed by atoms with van der Waals surface area (Å²) >= 11 is 1.64. The molecule has 8 heteroatoms.